The van der Waals surface area contributed by atoms with E-state index in [1.54, 1.807) is 50.0 Å². The van der Waals surface area contributed by atoms with Crippen LogP contribution in [-0.4, -0.2) is 158 Å². The Hall–Kier alpha value is -4.91. The molecule has 0 saturated carbocycles. The molecule has 14 atom stereocenters. The van der Waals surface area contributed by atoms with Crippen LogP contribution in [0.5, 0.6) is 5.75 Å². The predicted octanol–water partition coefficient (Wildman–Crippen LogP) is 7.03. The summed E-state index contributed by atoms with van der Waals surface area (Å²) in [4.78, 5) is 39.6. The highest BCUT2D eigenvalue weighted by Crippen LogP contribution is 2.36. The lowest BCUT2D eigenvalue weighted by atomic mass is 9.79. The number of aliphatic hydroxyl groups is 3. The van der Waals surface area contributed by atoms with Gasteiger partial charge in [-0.1, -0.05) is 87.9 Å². The fourth-order valence-corrected chi connectivity index (χ4v) is 11.6. The molecule has 16 nitrogen and oxygen atoms in total. The number of methoxy groups -OCH3 is 1. The number of para-hydroxylation sites is 1. The van der Waals surface area contributed by atoms with Gasteiger partial charge in [0.25, 0.3) is 0 Å². The Morgan fingerprint density at radius 3 is 2.34 bits per heavy atom. The normalized spacial score (nSPS) is 32.3. The molecular weight excluding hydrogens is 939 g/mol. The number of ether oxygens (including phenoxy) is 4. The number of allylic oxidation sites excluding steroid dienone is 3. The highest BCUT2D eigenvalue weighted by molar-refractivity contribution is 5.91. The molecule has 74 heavy (non-hydrogen) atoms. The summed E-state index contributed by atoms with van der Waals surface area (Å²) in [5.74, 6) is -0.488. The summed E-state index contributed by atoms with van der Waals surface area (Å²) in [6, 6.07) is 17.1. The first kappa shape index (κ1) is 56.8. The van der Waals surface area contributed by atoms with Gasteiger partial charge in [0.15, 0.2) is 12.1 Å². The van der Waals surface area contributed by atoms with Gasteiger partial charge in [0.1, 0.15) is 18.0 Å². The van der Waals surface area contributed by atoms with Crippen LogP contribution in [0.2, 0.25) is 0 Å². The number of rotatable bonds is 15. The molecule has 0 spiro atoms. The Labute approximate surface area is 438 Å². The summed E-state index contributed by atoms with van der Waals surface area (Å²) in [5.41, 5.74) is 4.33. The van der Waals surface area contributed by atoms with Crippen molar-refractivity contribution in [3.8, 4) is 11.4 Å². The predicted molar refractivity (Wildman–Crippen MR) is 285 cm³/mol. The number of hydrogen-bond acceptors (Lipinski definition) is 15. The SMILES string of the molecule is CC[C@H]1OC(=O)C[C@@H](O)[C@H](C)[C@@H](O[C@@H]2O[C@H](C)[C@@H](O)[C@H](N(C)C)[C@H]2O)[C@@H](CCN(Cc2ccc(OC)cc2)Cc2cn(-c3cnc4ccccc4c3)nn2)C[C@@H](C)C(=O)/C=C/C(C)=C/[C@@H]1CN1CC(C)CC(C)C1. The van der Waals surface area contributed by atoms with Crippen molar-refractivity contribution in [3.05, 3.63) is 102 Å². The molecule has 3 aliphatic rings. The van der Waals surface area contributed by atoms with Crippen LogP contribution in [0.3, 0.4) is 0 Å². The summed E-state index contributed by atoms with van der Waals surface area (Å²) in [5, 5.41) is 45.5. The van der Waals surface area contributed by atoms with Crippen molar-refractivity contribution in [2.24, 2.45) is 35.5 Å². The number of carbonyl (C=O) groups excluding carboxylic acids is 2. The molecule has 2 unspecified atom stereocenters. The minimum Gasteiger partial charge on any atom is -0.497 e. The van der Waals surface area contributed by atoms with Crippen LogP contribution in [0.4, 0.5) is 0 Å². The molecule has 3 N–H and O–H groups in total. The summed E-state index contributed by atoms with van der Waals surface area (Å²) < 4.78 is 26.8. The van der Waals surface area contributed by atoms with Crippen LogP contribution in [0, 0.1) is 35.5 Å². The number of aromatic nitrogens is 4. The first-order chi connectivity index (χ1) is 35.4. The van der Waals surface area contributed by atoms with Gasteiger partial charge in [-0.25, -0.2) is 4.68 Å². The van der Waals surface area contributed by atoms with Crippen molar-refractivity contribution >= 4 is 22.7 Å². The van der Waals surface area contributed by atoms with Gasteiger partial charge in [0, 0.05) is 55.9 Å². The maximum Gasteiger partial charge on any atom is 0.308 e. The Balaban J connectivity index is 1.23. The average molecular weight is 1020 g/mol. The van der Waals surface area contributed by atoms with E-state index in [0.717, 1.165) is 52.3 Å². The molecular formula is C58H83N7O9. The number of likely N-dealkylation sites (tertiary alicyclic amines) is 1. The van der Waals surface area contributed by atoms with E-state index in [9.17, 15) is 24.9 Å². The van der Waals surface area contributed by atoms with Crippen molar-refractivity contribution in [1.29, 1.82) is 0 Å². The van der Waals surface area contributed by atoms with E-state index in [2.05, 4.69) is 45.0 Å². The second-order valence-corrected chi connectivity index (χ2v) is 22.1. The van der Waals surface area contributed by atoms with Crippen molar-refractivity contribution < 1.29 is 43.9 Å². The van der Waals surface area contributed by atoms with E-state index in [0.29, 0.717) is 57.3 Å². The second kappa shape index (κ2) is 26.2. The number of nitrogens with zero attached hydrogens (tertiary/aromatic N) is 7. The molecule has 0 aliphatic carbocycles. The molecule has 4 aromatic rings. The molecule has 0 radical (unpaired) electrons. The highest BCUT2D eigenvalue weighted by atomic mass is 16.7. The summed E-state index contributed by atoms with van der Waals surface area (Å²) >= 11 is 0. The summed E-state index contributed by atoms with van der Waals surface area (Å²) in [6.45, 7) is 18.1. The van der Waals surface area contributed by atoms with Crippen LogP contribution in [0.25, 0.3) is 16.6 Å². The number of carbonyl (C=O) groups is 2. The van der Waals surface area contributed by atoms with E-state index in [1.165, 1.54) is 6.42 Å². The van der Waals surface area contributed by atoms with E-state index in [4.69, 9.17) is 18.9 Å². The van der Waals surface area contributed by atoms with Gasteiger partial charge in [-0.15, -0.1) is 5.10 Å². The Morgan fingerprint density at radius 1 is 0.905 bits per heavy atom. The molecule has 404 valence electrons. The van der Waals surface area contributed by atoms with Crippen LogP contribution in [-0.2, 0) is 36.9 Å². The number of likely N-dealkylation sites (N-methyl/N-ethyl adjacent to an activating group) is 1. The molecule has 16 heteroatoms. The van der Waals surface area contributed by atoms with E-state index < -0.39 is 72.7 Å². The molecule has 2 aromatic heterocycles. The van der Waals surface area contributed by atoms with Crippen molar-refractivity contribution in [3.63, 3.8) is 0 Å². The van der Waals surface area contributed by atoms with Crippen LogP contribution in [0.1, 0.15) is 91.8 Å². The molecule has 2 saturated heterocycles. The van der Waals surface area contributed by atoms with E-state index >= 15 is 0 Å². The summed E-state index contributed by atoms with van der Waals surface area (Å²) in [7, 11) is 5.21. The number of benzene rings is 2. The zero-order valence-corrected chi connectivity index (χ0v) is 45.4. The second-order valence-electron chi connectivity index (χ2n) is 22.1. The van der Waals surface area contributed by atoms with Crippen LogP contribution < -0.4 is 4.74 Å². The minimum absolute atomic E-state index is 0.0521. The van der Waals surface area contributed by atoms with Gasteiger partial charge in [-0.05, 0) is 114 Å². The van der Waals surface area contributed by atoms with Gasteiger partial charge >= 0.3 is 5.97 Å². The molecule has 0 amide bonds. The number of esters is 1. The third-order valence-corrected chi connectivity index (χ3v) is 15.5. The van der Waals surface area contributed by atoms with Crippen LogP contribution in [0.15, 0.2) is 90.8 Å². The third kappa shape index (κ3) is 14.9. The Morgan fingerprint density at radius 2 is 1.64 bits per heavy atom. The first-order valence-electron chi connectivity index (χ1n) is 26.8. The van der Waals surface area contributed by atoms with E-state index in [-0.39, 0.29) is 18.1 Å². The topological polar surface area (TPSA) is 185 Å². The smallest absolute Gasteiger partial charge is 0.308 e. The summed E-state index contributed by atoms with van der Waals surface area (Å²) in [6.07, 6.45) is 4.90. The minimum atomic E-state index is -1.27. The van der Waals surface area contributed by atoms with E-state index in [1.807, 2.05) is 94.6 Å². The number of piperidine rings is 1. The van der Waals surface area contributed by atoms with Gasteiger partial charge < -0.3 is 44.1 Å². The lowest BCUT2D eigenvalue weighted by molar-refractivity contribution is -0.304. The van der Waals surface area contributed by atoms with Crippen molar-refractivity contribution in [2.75, 3.05) is 47.4 Å². The molecule has 0 bridgehead atoms. The van der Waals surface area contributed by atoms with Gasteiger partial charge in [-0.3, -0.25) is 19.5 Å². The lowest BCUT2D eigenvalue weighted by Crippen LogP contribution is -2.63. The molecule has 7 rings (SSSR count). The quantitative estimate of drug-likeness (QED) is 0.103. The number of hydrogen-bond donors (Lipinski definition) is 3. The Kier molecular flexibility index (Phi) is 20.1. The zero-order chi connectivity index (χ0) is 53.2. The van der Waals surface area contributed by atoms with Gasteiger partial charge in [0.2, 0.25) is 0 Å². The molecule has 3 aliphatic heterocycles. The van der Waals surface area contributed by atoms with Gasteiger partial charge in [-0.2, -0.15) is 0 Å². The van der Waals surface area contributed by atoms with Gasteiger partial charge in [0.05, 0.1) is 73.3 Å². The fourth-order valence-electron chi connectivity index (χ4n) is 11.6. The zero-order valence-electron chi connectivity index (χ0n) is 45.4. The fraction of sp³-hybridized carbons (Fsp3) is 0.603. The number of aliphatic hydroxyl groups excluding tert-OH is 3. The highest BCUT2D eigenvalue weighted by Gasteiger charge is 2.47. The maximum absolute atomic E-state index is 14.4. The molecule has 2 fully saturated rings. The first-order valence-corrected chi connectivity index (χ1v) is 26.8. The number of ketones is 1. The maximum atomic E-state index is 14.4. The third-order valence-electron chi connectivity index (χ3n) is 15.5. The standard InChI is InChI=1S/C58H83N7O9/c1-11-52-45(33-64-30-37(3)24-38(4)31-64)25-36(2)16-21-50(66)39(5)26-44(57(40(6)51(67)28-53(68)73-52)74-58-56(70)54(62(8)9)55(69)41(7)72-58)22-23-63(32-42-17-19-48(71-10)20-18-42)34-46-35-65(61-60-46)47-27-43-14-12-13-15-49(43)59-29-47/h12-21,25,27,29,35,37-41,44-45,51-52,54-58,67,69-70H,11,22-24,26,28,30-34H2,1-10H3/b21-16+,36-25+/t37?,38?,39-,40+,41-,44+,45-,51-,52-,54+,55-,56-,57-,58+/m1/s1. The van der Waals surface area contributed by atoms with Crippen molar-refractivity contribution in [1.82, 2.24) is 34.7 Å². The molecule has 5 heterocycles. The van der Waals surface area contributed by atoms with Crippen LogP contribution >= 0.6 is 0 Å². The monoisotopic (exact) mass is 1020 g/mol. The number of pyridine rings is 1. The Bertz CT molecular complexity index is 2490. The number of cyclic esters (lactones) is 1. The average Bonchev–Trinajstić information content (AvgIpc) is 3.84. The lowest BCUT2D eigenvalue weighted by Gasteiger charge is -2.46. The van der Waals surface area contributed by atoms with Crippen molar-refractivity contribution in [2.45, 2.75) is 143 Å². The number of fused-ring (bicyclic) bond motifs is 1. The largest absolute Gasteiger partial charge is 0.497 e. The molecule has 2 aromatic carbocycles.